The van der Waals surface area contributed by atoms with Crippen molar-refractivity contribution in [3.8, 4) is 5.75 Å². The van der Waals surface area contributed by atoms with E-state index >= 15 is 0 Å². The molecule has 0 bridgehead atoms. The summed E-state index contributed by atoms with van der Waals surface area (Å²) < 4.78 is 32.7. The number of nitrogens with one attached hydrogen (secondary N) is 2. The van der Waals surface area contributed by atoms with Gasteiger partial charge in [0.2, 0.25) is 5.78 Å². The number of ketones is 1. The van der Waals surface area contributed by atoms with Crippen LogP contribution in [0.3, 0.4) is 0 Å². The van der Waals surface area contributed by atoms with Crippen molar-refractivity contribution in [1.82, 2.24) is 5.32 Å². The van der Waals surface area contributed by atoms with Crippen LogP contribution in [-0.4, -0.2) is 71.6 Å². The number of allylic oxidation sites excluding steroid dienone is 1. The van der Waals surface area contributed by atoms with Gasteiger partial charge in [0.1, 0.15) is 22.1 Å². The summed E-state index contributed by atoms with van der Waals surface area (Å²) in [7, 11) is -4.57. The number of anilines is 1. The van der Waals surface area contributed by atoms with Crippen molar-refractivity contribution >= 4 is 43.0 Å². The summed E-state index contributed by atoms with van der Waals surface area (Å²) >= 11 is 0. The van der Waals surface area contributed by atoms with E-state index < -0.39 is 20.8 Å². The largest absolute Gasteiger partial charge is 1.00 e. The number of phenolic OH excluding ortho intramolecular Hbond substituents is 1. The fraction of sp³-hybridized carbons (Fsp3) is 0.167. The van der Waals surface area contributed by atoms with Gasteiger partial charge in [0.15, 0.2) is 0 Å². The van der Waals surface area contributed by atoms with Crippen LogP contribution in [0.4, 0.5) is 5.69 Å². The zero-order valence-corrected chi connectivity index (χ0v) is 21.5. The zero-order chi connectivity index (χ0) is 25.4. The summed E-state index contributed by atoms with van der Waals surface area (Å²) in [5, 5.41) is 35.0. The molecule has 0 fully saturated rings. The van der Waals surface area contributed by atoms with Crippen molar-refractivity contribution in [2.45, 2.75) is 0 Å². The second-order valence-electron chi connectivity index (χ2n) is 7.34. The van der Waals surface area contributed by atoms with Crippen LogP contribution in [0, 0.1) is 0 Å². The third kappa shape index (κ3) is 7.93. The number of rotatable bonds is 7. The van der Waals surface area contributed by atoms with Gasteiger partial charge in [-0.3, -0.25) is 14.8 Å². The summed E-state index contributed by atoms with van der Waals surface area (Å²) in [5.74, 6) is -0.729. The van der Waals surface area contributed by atoms with Crippen LogP contribution in [0.2, 0.25) is 0 Å². The fourth-order valence-electron chi connectivity index (χ4n) is 3.40. The average molecular weight is 571 g/mol. The van der Waals surface area contributed by atoms with Crippen LogP contribution in [0.15, 0.2) is 71.8 Å². The van der Waals surface area contributed by atoms with Crippen molar-refractivity contribution in [2.24, 2.45) is 5.10 Å². The molecule has 198 valence electrons. The number of hydrazone groups is 1. The Labute approximate surface area is 225 Å². The number of phenols is 1. The molecular formula is C24H28CrN3O8S+. The van der Waals surface area contributed by atoms with Gasteiger partial charge in [0, 0.05) is 53.0 Å². The molecule has 8 N–H and O–H groups in total. The van der Waals surface area contributed by atoms with Crippen LogP contribution in [0.25, 0.3) is 15.7 Å². The molecule has 0 aliphatic heterocycles. The fourth-order valence-corrected chi connectivity index (χ4v) is 4.12. The standard InChI is InChI=1S/C20H14N2O5S.C4H11NO2.Cr.H2O/c23-16-10-9-12-5-1-2-6-13(12)19(16)21-22-20-15-8-4-3-7-14(15)18(11-17(20)24)28(25,26)27;6-3-1-5-2-4-7;;/h1-11,21,23H,(H,25,26,27);5-7H,1-4H2;;1H2/p+1/b22-20-;;;. The minimum Gasteiger partial charge on any atom is -0.506 e. The molecule has 0 radical (unpaired) electrons. The first kappa shape index (κ1) is 31.9. The Bertz CT molecular complexity index is 1400. The van der Waals surface area contributed by atoms with Gasteiger partial charge in [-0.05, 0) is 11.5 Å². The minimum absolute atomic E-state index is 0. The maximum atomic E-state index is 12.5. The molecular weight excluding hydrogens is 542 g/mol. The van der Waals surface area contributed by atoms with Gasteiger partial charge in [-0.1, -0.05) is 54.6 Å². The molecule has 0 aromatic heterocycles. The maximum Gasteiger partial charge on any atom is 1.00 e. The summed E-state index contributed by atoms with van der Waals surface area (Å²) in [5.41, 5.74) is 3.45. The molecule has 3 aromatic rings. The van der Waals surface area contributed by atoms with E-state index in [9.17, 15) is 22.9 Å². The SMILES string of the molecule is O.O=C1C=C(S(=O)(=O)O)c2ccccc2/C1=N/Nc1c(O)ccc2ccccc12.OCCNCCO.[Cr].[H+]. The van der Waals surface area contributed by atoms with Crippen LogP contribution in [-0.2, 0) is 32.3 Å². The summed E-state index contributed by atoms with van der Waals surface area (Å²) in [4.78, 5) is 12.0. The molecule has 0 amide bonds. The summed E-state index contributed by atoms with van der Waals surface area (Å²) in [6.07, 6.45) is 0.834. The molecule has 0 saturated carbocycles. The third-order valence-electron chi connectivity index (χ3n) is 4.98. The van der Waals surface area contributed by atoms with E-state index in [1.165, 1.54) is 18.2 Å². The molecule has 1 aliphatic rings. The Morgan fingerprint density at radius 3 is 2.11 bits per heavy atom. The molecule has 0 heterocycles. The average Bonchev–Trinajstić information content (AvgIpc) is 2.84. The van der Waals surface area contributed by atoms with Gasteiger partial charge >= 0.3 is 1.43 Å². The third-order valence-corrected chi connectivity index (χ3v) is 5.88. The number of fused-ring (bicyclic) bond motifs is 2. The zero-order valence-electron chi connectivity index (χ0n) is 20.5. The van der Waals surface area contributed by atoms with Gasteiger partial charge in [0.05, 0.1) is 13.2 Å². The molecule has 0 unspecified atom stereocenters. The van der Waals surface area contributed by atoms with Crippen LogP contribution in [0.5, 0.6) is 5.75 Å². The van der Waals surface area contributed by atoms with E-state index in [0.29, 0.717) is 24.2 Å². The normalized spacial score (nSPS) is 13.4. The second-order valence-corrected chi connectivity index (χ2v) is 8.73. The monoisotopic (exact) mass is 570 g/mol. The number of aromatic hydroxyl groups is 1. The topological polar surface area (TPSA) is 200 Å². The van der Waals surface area contributed by atoms with Crippen molar-refractivity contribution in [2.75, 3.05) is 31.7 Å². The van der Waals surface area contributed by atoms with E-state index in [1.807, 2.05) is 18.2 Å². The first-order valence-corrected chi connectivity index (χ1v) is 12.0. The van der Waals surface area contributed by atoms with Crippen LogP contribution in [0.1, 0.15) is 12.6 Å². The van der Waals surface area contributed by atoms with E-state index in [1.54, 1.807) is 24.3 Å². The van der Waals surface area contributed by atoms with E-state index in [4.69, 9.17) is 10.2 Å². The van der Waals surface area contributed by atoms with Gasteiger partial charge in [-0.2, -0.15) is 13.5 Å². The Morgan fingerprint density at radius 2 is 1.49 bits per heavy atom. The van der Waals surface area contributed by atoms with E-state index in [0.717, 1.165) is 11.5 Å². The molecule has 0 spiro atoms. The molecule has 37 heavy (non-hydrogen) atoms. The Kier molecular flexibility index (Phi) is 12.6. The Balaban J connectivity index is 0.00000122. The van der Waals surface area contributed by atoms with Gasteiger partial charge in [-0.15, -0.1) is 0 Å². The Hall–Kier alpha value is -3.12. The Morgan fingerprint density at radius 1 is 0.892 bits per heavy atom. The predicted molar refractivity (Wildman–Crippen MR) is 139 cm³/mol. The molecule has 1 aliphatic carbocycles. The molecule has 4 rings (SSSR count). The molecule has 13 heteroatoms. The van der Waals surface area contributed by atoms with Gasteiger partial charge in [0.25, 0.3) is 10.1 Å². The molecule has 0 saturated heterocycles. The number of nitrogens with zero attached hydrogens (tertiary/aromatic N) is 1. The van der Waals surface area contributed by atoms with E-state index in [2.05, 4.69) is 15.8 Å². The number of carbonyl (C=O) groups excluding carboxylic acids is 1. The van der Waals surface area contributed by atoms with E-state index in [-0.39, 0.29) is 60.1 Å². The molecule has 11 nitrogen and oxygen atoms in total. The van der Waals surface area contributed by atoms with Crippen LogP contribution < -0.4 is 10.7 Å². The first-order valence-electron chi connectivity index (χ1n) is 10.6. The molecule has 3 aromatic carbocycles. The van der Waals surface area contributed by atoms with Gasteiger partial charge < -0.3 is 26.1 Å². The second kappa shape index (κ2) is 14.6. The van der Waals surface area contributed by atoms with Gasteiger partial charge in [-0.25, -0.2) is 0 Å². The number of hydrogen-bond acceptors (Lipinski definition) is 9. The smallest absolute Gasteiger partial charge is 0.506 e. The summed E-state index contributed by atoms with van der Waals surface area (Å²) in [6.45, 7) is 1.42. The predicted octanol–water partition coefficient (Wildman–Crippen LogP) is 1.02. The first-order chi connectivity index (χ1) is 16.8. The van der Waals surface area contributed by atoms with Crippen molar-refractivity contribution < 1.29 is 57.3 Å². The van der Waals surface area contributed by atoms with Crippen molar-refractivity contribution in [1.29, 1.82) is 0 Å². The summed E-state index contributed by atoms with van der Waals surface area (Å²) in [6, 6.07) is 16.8. The van der Waals surface area contributed by atoms with Crippen LogP contribution >= 0.6 is 0 Å². The number of aliphatic hydroxyl groups excluding tert-OH is 2. The molecule has 0 atom stereocenters. The quantitative estimate of drug-likeness (QED) is 0.104. The number of carbonyl (C=O) groups is 1. The van der Waals surface area contributed by atoms with Crippen molar-refractivity contribution in [3.05, 3.63) is 77.9 Å². The number of hydrogen-bond donors (Lipinski definition) is 6. The number of aliphatic hydroxyl groups is 2. The maximum absolute atomic E-state index is 12.5. The minimum atomic E-state index is -4.57. The number of benzene rings is 3. The van der Waals surface area contributed by atoms with Crippen molar-refractivity contribution in [3.63, 3.8) is 0 Å².